The predicted molar refractivity (Wildman–Crippen MR) is 62.1 cm³/mol. The molecule has 2 heterocycles. The van der Waals surface area contributed by atoms with E-state index in [9.17, 15) is 9.59 Å². The molecule has 1 amide bonds. The first kappa shape index (κ1) is 12.5. The van der Waals surface area contributed by atoms with Gasteiger partial charge in [0, 0.05) is 12.7 Å². The van der Waals surface area contributed by atoms with E-state index in [-0.39, 0.29) is 18.6 Å². The number of aromatic nitrogens is 1. The summed E-state index contributed by atoms with van der Waals surface area (Å²) >= 11 is 0. The zero-order valence-corrected chi connectivity index (χ0v) is 9.94. The van der Waals surface area contributed by atoms with Crippen LogP contribution in [0.4, 0.5) is 0 Å². The number of morpholine rings is 1. The molecule has 0 bridgehead atoms. The fourth-order valence-electron chi connectivity index (χ4n) is 1.90. The molecule has 0 spiro atoms. The number of rotatable bonds is 2. The first-order valence-electron chi connectivity index (χ1n) is 5.66. The second kappa shape index (κ2) is 5.14. The SMILES string of the molecule is C[C@@H]1CN(C(=O)c2ccccn2)C[C@H](C(=O)O)O1. The zero-order chi connectivity index (χ0) is 13.1. The van der Waals surface area contributed by atoms with E-state index in [0.717, 1.165) is 0 Å². The Kier molecular flexibility index (Phi) is 3.57. The van der Waals surface area contributed by atoms with E-state index in [1.165, 1.54) is 11.1 Å². The topological polar surface area (TPSA) is 79.7 Å². The van der Waals surface area contributed by atoms with Crippen LogP contribution < -0.4 is 0 Å². The van der Waals surface area contributed by atoms with Crippen molar-refractivity contribution in [1.82, 2.24) is 9.88 Å². The smallest absolute Gasteiger partial charge is 0.334 e. The Morgan fingerprint density at radius 2 is 2.22 bits per heavy atom. The second-order valence-corrected chi connectivity index (χ2v) is 4.20. The minimum absolute atomic E-state index is 0.0507. The highest BCUT2D eigenvalue weighted by Crippen LogP contribution is 2.13. The number of hydrogen-bond acceptors (Lipinski definition) is 4. The van der Waals surface area contributed by atoms with Crippen LogP contribution in [0.3, 0.4) is 0 Å². The van der Waals surface area contributed by atoms with Crippen molar-refractivity contribution in [3.8, 4) is 0 Å². The number of ether oxygens (including phenoxy) is 1. The van der Waals surface area contributed by atoms with Crippen LogP contribution in [0.1, 0.15) is 17.4 Å². The molecule has 96 valence electrons. The van der Waals surface area contributed by atoms with E-state index in [4.69, 9.17) is 9.84 Å². The maximum atomic E-state index is 12.1. The molecule has 1 fully saturated rings. The summed E-state index contributed by atoms with van der Waals surface area (Å²) in [6.45, 7) is 2.17. The largest absolute Gasteiger partial charge is 0.479 e. The Morgan fingerprint density at radius 3 is 2.83 bits per heavy atom. The van der Waals surface area contributed by atoms with Crippen molar-refractivity contribution in [2.24, 2.45) is 0 Å². The van der Waals surface area contributed by atoms with Gasteiger partial charge in [-0.3, -0.25) is 9.78 Å². The van der Waals surface area contributed by atoms with Crippen molar-refractivity contribution in [2.45, 2.75) is 19.1 Å². The molecule has 0 aromatic carbocycles. The van der Waals surface area contributed by atoms with Gasteiger partial charge in [-0.05, 0) is 19.1 Å². The Bertz CT molecular complexity index is 449. The maximum Gasteiger partial charge on any atom is 0.334 e. The number of aliphatic carboxylic acids is 1. The molecule has 6 heteroatoms. The molecule has 6 nitrogen and oxygen atoms in total. The average molecular weight is 250 g/mol. The van der Waals surface area contributed by atoms with Crippen LogP contribution in [0.5, 0.6) is 0 Å². The molecule has 1 aromatic rings. The van der Waals surface area contributed by atoms with E-state index >= 15 is 0 Å². The molecule has 0 unspecified atom stereocenters. The Morgan fingerprint density at radius 1 is 1.44 bits per heavy atom. The molecule has 1 N–H and O–H groups in total. The molecule has 1 aromatic heterocycles. The molecular formula is C12H14N2O4. The maximum absolute atomic E-state index is 12.1. The van der Waals surface area contributed by atoms with Crippen LogP contribution in [0.15, 0.2) is 24.4 Å². The minimum Gasteiger partial charge on any atom is -0.479 e. The lowest BCUT2D eigenvalue weighted by molar-refractivity contribution is -0.160. The van der Waals surface area contributed by atoms with E-state index < -0.39 is 12.1 Å². The van der Waals surface area contributed by atoms with Crippen LogP contribution in [0, 0.1) is 0 Å². The number of carboxylic acid groups (broad SMARTS) is 1. The fourth-order valence-corrected chi connectivity index (χ4v) is 1.90. The number of nitrogens with zero attached hydrogens (tertiary/aromatic N) is 2. The van der Waals surface area contributed by atoms with Gasteiger partial charge in [-0.2, -0.15) is 0 Å². The van der Waals surface area contributed by atoms with Gasteiger partial charge in [0.2, 0.25) is 0 Å². The molecule has 1 saturated heterocycles. The molecular weight excluding hydrogens is 236 g/mol. The molecule has 2 rings (SSSR count). The summed E-state index contributed by atoms with van der Waals surface area (Å²) in [5, 5.41) is 8.95. The van der Waals surface area contributed by atoms with E-state index in [1.807, 2.05) is 0 Å². The van der Waals surface area contributed by atoms with Crippen molar-refractivity contribution < 1.29 is 19.4 Å². The molecule has 2 atom stereocenters. The number of carbonyl (C=O) groups excluding carboxylic acids is 1. The first-order valence-corrected chi connectivity index (χ1v) is 5.66. The van der Waals surface area contributed by atoms with Crippen LogP contribution in [-0.4, -0.2) is 52.2 Å². The summed E-state index contributed by atoms with van der Waals surface area (Å²) < 4.78 is 5.25. The Labute approximate surface area is 104 Å². The van der Waals surface area contributed by atoms with Crippen molar-refractivity contribution in [1.29, 1.82) is 0 Å². The Balaban J connectivity index is 2.13. The third-order valence-electron chi connectivity index (χ3n) is 2.71. The molecule has 18 heavy (non-hydrogen) atoms. The highest BCUT2D eigenvalue weighted by atomic mass is 16.5. The van der Waals surface area contributed by atoms with Crippen LogP contribution in [0.25, 0.3) is 0 Å². The first-order chi connectivity index (χ1) is 8.58. The zero-order valence-electron chi connectivity index (χ0n) is 9.94. The van der Waals surface area contributed by atoms with Crippen LogP contribution in [-0.2, 0) is 9.53 Å². The van der Waals surface area contributed by atoms with Crippen molar-refractivity contribution >= 4 is 11.9 Å². The normalized spacial score (nSPS) is 23.7. The summed E-state index contributed by atoms with van der Waals surface area (Å²) in [6, 6.07) is 5.05. The number of pyridine rings is 1. The van der Waals surface area contributed by atoms with E-state index in [2.05, 4.69) is 4.98 Å². The standard InChI is InChI=1S/C12H14N2O4/c1-8-6-14(7-10(18-8)12(16)17)11(15)9-4-2-3-5-13-9/h2-5,8,10H,6-7H2,1H3,(H,16,17)/t8-,10-/m1/s1. The lowest BCUT2D eigenvalue weighted by atomic mass is 10.2. The lowest BCUT2D eigenvalue weighted by Crippen LogP contribution is -2.51. The van der Waals surface area contributed by atoms with Gasteiger partial charge < -0.3 is 14.7 Å². The van der Waals surface area contributed by atoms with Gasteiger partial charge in [-0.1, -0.05) is 6.07 Å². The summed E-state index contributed by atoms with van der Waals surface area (Å²) in [7, 11) is 0. The van der Waals surface area contributed by atoms with Gasteiger partial charge in [-0.25, -0.2) is 4.79 Å². The molecule has 1 aliphatic heterocycles. The molecule has 0 aliphatic carbocycles. The van der Waals surface area contributed by atoms with Gasteiger partial charge >= 0.3 is 5.97 Å². The van der Waals surface area contributed by atoms with Crippen molar-refractivity contribution in [3.63, 3.8) is 0 Å². The number of carbonyl (C=O) groups is 2. The summed E-state index contributed by atoms with van der Waals surface area (Å²) in [5.74, 6) is -1.32. The van der Waals surface area contributed by atoms with Crippen LogP contribution >= 0.6 is 0 Å². The fraction of sp³-hybridized carbons (Fsp3) is 0.417. The Hall–Kier alpha value is -1.95. The second-order valence-electron chi connectivity index (χ2n) is 4.20. The minimum atomic E-state index is -1.06. The monoisotopic (exact) mass is 250 g/mol. The predicted octanol–water partition coefficient (Wildman–Crippen LogP) is 0.396. The van der Waals surface area contributed by atoms with Crippen molar-refractivity contribution in [2.75, 3.05) is 13.1 Å². The third-order valence-corrected chi connectivity index (χ3v) is 2.71. The van der Waals surface area contributed by atoms with Crippen LogP contribution in [0.2, 0.25) is 0 Å². The summed E-state index contributed by atoms with van der Waals surface area (Å²) in [4.78, 5) is 28.5. The molecule has 0 saturated carbocycles. The number of carboxylic acids is 1. The average Bonchev–Trinajstić information content (AvgIpc) is 2.38. The van der Waals surface area contributed by atoms with Crippen molar-refractivity contribution in [3.05, 3.63) is 30.1 Å². The van der Waals surface area contributed by atoms with Gasteiger partial charge in [0.15, 0.2) is 6.10 Å². The summed E-state index contributed by atoms with van der Waals surface area (Å²) in [6.07, 6.45) is 0.264. The van der Waals surface area contributed by atoms with E-state index in [1.54, 1.807) is 25.1 Å². The number of hydrogen-bond donors (Lipinski definition) is 1. The van der Waals surface area contributed by atoms with Gasteiger partial charge in [-0.15, -0.1) is 0 Å². The lowest BCUT2D eigenvalue weighted by Gasteiger charge is -2.34. The summed E-state index contributed by atoms with van der Waals surface area (Å²) in [5.41, 5.74) is 0.315. The highest BCUT2D eigenvalue weighted by molar-refractivity contribution is 5.92. The third kappa shape index (κ3) is 2.65. The van der Waals surface area contributed by atoms with Gasteiger partial charge in [0.25, 0.3) is 5.91 Å². The number of amides is 1. The van der Waals surface area contributed by atoms with Gasteiger partial charge in [0.1, 0.15) is 5.69 Å². The molecule has 0 radical (unpaired) electrons. The van der Waals surface area contributed by atoms with E-state index in [0.29, 0.717) is 12.2 Å². The molecule has 1 aliphatic rings. The quantitative estimate of drug-likeness (QED) is 0.821. The van der Waals surface area contributed by atoms with Gasteiger partial charge in [0.05, 0.1) is 12.6 Å². The highest BCUT2D eigenvalue weighted by Gasteiger charge is 2.33.